The van der Waals surface area contributed by atoms with Gasteiger partial charge in [-0.1, -0.05) is 12.1 Å². The minimum absolute atomic E-state index is 0.173. The van der Waals surface area contributed by atoms with Gasteiger partial charge in [0, 0.05) is 18.5 Å². The molecular weight excluding hydrogens is 305 g/mol. The van der Waals surface area contributed by atoms with Crippen molar-refractivity contribution in [2.24, 2.45) is 0 Å². The lowest BCUT2D eigenvalue weighted by Crippen LogP contribution is -2.22. The molecule has 1 aliphatic rings. The van der Waals surface area contributed by atoms with Crippen LogP contribution in [0.3, 0.4) is 0 Å². The van der Waals surface area contributed by atoms with Crippen LogP contribution in [0.5, 0.6) is 5.75 Å². The standard InChI is InChI=1S/C20H22FNO2/c21-18-7-3-16(4-8-18)15-24-19-9-5-17(6-10-19)20(23)11-14-22-12-1-2-13-22/h3-10H,1-2,11-15H2. The Kier molecular flexibility index (Phi) is 5.59. The Labute approximate surface area is 142 Å². The third-order valence-corrected chi connectivity index (χ3v) is 4.35. The summed E-state index contributed by atoms with van der Waals surface area (Å²) in [5.74, 6) is 0.623. The summed E-state index contributed by atoms with van der Waals surface area (Å²) in [4.78, 5) is 14.6. The van der Waals surface area contributed by atoms with E-state index >= 15 is 0 Å². The number of carbonyl (C=O) groups is 1. The van der Waals surface area contributed by atoms with E-state index in [9.17, 15) is 9.18 Å². The quantitative estimate of drug-likeness (QED) is 0.718. The van der Waals surface area contributed by atoms with Crippen molar-refractivity contribution in [3.8, 4) is 5.75 Å². The first-order valence-corrected chi connectivity index (χ1v) is 8.43. The molecule has 3 nitrogen and oxygen atoms in total. The Morgan fingerprint density at radius 2 is 1.67 bits per heavy atom. The Hall–Kier alpha value is -2.20. The second-order valence-electron chi connectivity index (χ2n) is 6.16. The SMILES string of the molecule is O=C(CCN1CCCC1)c1ccc(OCc2ccc(F)cc2)cc1. The van der Waals surface area contributed by atoms with Gasteiger partial charge in [-0.05, 0) is 67.9 Å². The molecule has 0 aromatic heterocycles. The first-order chi connectivity index (χ1) is 11.7. The Morgan fingerprint density at radius 3 is 2.33 bits per heavy atom. The second kappa shape index (κ2) is 8.06. The van der Waals surface area contributed by atoms with E-state index in [1.807, 2.05) is 24.3 Å². The monoisotopic (exact) mass is 327 g/mol. The number of hydrogen-bond acceptors (Lipinski definition) is 3. The molecule has 0 aliphatic carbocycles. The molecule has 2 aromatic carbocycles. The topological polar surface area (TPSA) is 29.5 Å². The number of ketones is 1. The summed E-state index contributed by atoms with van der Waals surface area (Å²) in [5, 5.41) is 0. The fourth-order valence-electron chi connectivity index (χ4n) is 2.89. The van der Waals surface area contributed by atoms with E-state index in [2.05, 4.69) is 4.90 Å². The average Bonchev–Trinajstić information content (AvgIpc) is 3.13. The van der Waals surface area contributed by atoms with Crippen LogP contribution in [0.15, 0.2) is 48.5 Å². The van der Waals surface area contributed by atoms with Crippen LogP contribution in [0, 0.1) is 5.82 Å². The van der Waals surface area contributed by atoms with E-state index in [4.69, 9.17) is 4.74 Å². The summed E-state index contributed by atoms with van der Waals surface area (Å²) in [6, 6.07) is 13.5. The maximum absolute atomic E-state index is 12.9. The molecule has 1 aliphatic heterocycles. The number of halogens is 1. The van der Waals surface area contributed by atoms with E-state index in [0.717, 1.165) is 30.8 Å². The molecule has 0 unspecified atom stereocenters. The van der Waals surface area contributed by atoms with Crippen molar-refractivity contribution in [1.29, 1.82) is 0 Å². The molecule has 0 N–H and O–H groups in total. The molecule has 0 spiro atoms. The van der Waals surface area contributed by atoms with E-state index in [1.54, 1.807) is 12.1 Å². The smallest absolute Gasteiger partial charge is 0.164 e. The van der Waals surface area contributed by atoms with Crippen molar-refractivity contribution in [3.05, 3.63) is 65.5 Å². The summed E-state index contributed by atoms with van der Waals surface area (Å²) >= 11 is 0. The summed E-state index contributed by atoms with van der Waals surface area (Å²) in [7, 11) is 0. The highest BCUT2D eigenvalue weighted by Crippen LogP contribution is 2.16. The number of nitrogens with zero attached hydrogens (tertiary/aromatic N) is 1. The van der Waals surface area contributed by atoms with Crippen LogP contribution < -0.4 is 4.74 Å². The number of likely N-dealkylation sites (tertiary alicyclic amines) is 1. The first-order valence-electron chi connectivity index (χ1n) is 8.43. The van der Waals surface area contributed by atoms with Gasteiger partial charge in [-0.15, -0.1) is 0 Å². The van der Waals surface area contributed by atoms with Gasteiger partial charge in [-0.25, -0.2) is 4.39 Å². The van der Waals surface area contributed by atoms with E-state index < -0.39 is 0 Å². The zero-order valence-corrected chi connectivity index (χ0v) is 13.7. The fraction of sp³-hybridized carbons (Fsp3) is 0.350. The molecule has 24 heavy (non-hydrogen) atoms. The van der Waals surface area contributed by atoms with E-state index in [0.29, 0.717) is 18.8 Å². The molecule has 126 valence electrons. The number of rotatable bonds is 7. The van der Waals surface area contributed by atoms with Gasteiger partial charge < -0.3 is 9.64 Å². The minimum Gasteiger partial charge on any atom is -0.489 e. The van der Waals surface area contributed by atoms with Crippen LogP contribution in [0.4, 0.5) is 4.39 Å². The molecule has 1 saturated heterocycles. The lowest BCUT2D eigenvalue weighted by molar-refractivity contribution is 0.0969. The highest BCUT2D eigenvalue weighted by molar-refractivity contribution is 5.96. The van der Waals surface area contributed by atoms with Gasteiger partial charge in [0.15, 0.2) is 5.78 Å². The van der Waals surface area contributed by atoms with Crippen molar-refractivity contribution in [1.82, 2.24) is 4.90 Å². The van der Waals surface area contributed by atoms with Crippen molar-refractivity contribution in [3.63, 3.8) is 0 Å². The van der Waals surface area contributed by atoms with Crippen LogP contribution in [-0.4, -0.2) is 30.3 Å². The third-order valence-electron chi connectivity index (χ3n) is 4.35. The van der Waals surface area contributed by atoms with Crippen LogP contribution in [0.25, 0.3) is 0 Å². The third kappa shape index (κ3) is 4.65. The van der Waals surface area contributed by atoms with Gasteiger partial charge in [0.05, 0.1) is 0 Å². The number of Topliss-reactive ketones (excluding diaryl/α,β-unsaturated/α-hetero) is 1. The fourth-order valence-corrected chi connectivity index (χ4v) is 2.89. The number of carbonyl (C=O) groups excluding carboxylic acids is 1. The number of ether oxygens (including phenoxy) is 1. The lowest BCUT2D eigenvalue weighted by atomic mass is 10.1. The van der Waals surface area contributed by atoms with Crippen LogP contribution in [-0.2, 0) is 6.61 Å². The van der Waals surface area contributed by atoms with Crippen LogP contribution >= 0.6 is 0 Å². The van der Waals surface area contributed by atoms with Crippen LogP contribution in [0.2, 0.25) is 0 Å². The van der Waals surface area contributed by atoms with Gasteiger partial charge >= 0.3 is 0 Å². The highest BCUT2D eigenvalue weighted by atomic mass is 19.1. The Balaban J connectivity index is 1.48. The first kappa shape index (κ1) is 16.7. The van der Waals surface area contributed by atoms with Gasteiger partial charge in [0.25, 0.3) is 0 Å². The molecule has 0 radical (unpaired) electrons. The molecule has 1 fully saturated rings. The summed E-state index contributed by atoms with van der Waals surface area (Å²) in [6.07, 6.45) is 3.05. The maximum Gasteiger partial charge on any atom is 0.164 e. The van der Waals surface area contributed by atoms with Crippen molar-refractivity contribution in [2.75, 3.05) is 19.6 Å². The molecular formula is C20H22FNO2. The van der Waals surface area contributed by atoms with Crippen molar-refractivity contribution in [2.45, 2.75) is 25.9 Å². The molecule has 0 amide bonds. The van der Waals surface area contributed by atoms with Gasteiger partial charge in [0.2, 0.25) is 0 Å². The van der Waals surface area contributed by atoms with Crippen LogP contribution in [0.1, 0.15) is 35.2 Å². The van der Waals surface area contributed by atoms with E-state index in [1.165, 1.54) is 25.0 Å². The van der Waals surface area contributed by atoms with Crippen molar-refractivity contribution < 1.29 is 13.9 Å². The van der Waals surface area contributed by atoms with E-state index in [-0.39, 0.29) is 11.6 Å². The molecule has 4 heteroatoms. The van der Waals surface area contributed by atoms with Gasteiger partial charge in [-0.2, -0.15) is 0 Å². The van der Waals surface area contributed by atoms with Gasteiger partial charge in [-0.3, -0.25) is 4.79 Å². The Bertz CT molecular complexity index is 661. The minimum atomic E-state index is -0.254. The van der Waals surface area contributed by atoms with Gasteiger partial charge in [0.1, 0.15) is 18.2 Å². The zero-order chi connectivity index (χ0) is 16.8. The Morgan fingerprint density at radius 1 is 1.00 bits per heavy atom. The lowest BCUT2D eigenvalue weighted by Gasteiger charge is -2.13. The predicted octanol–water partition coefficient (Wildman–Crippen LogP) is 4.07. The van der Waals surface area contributed by atoms with Crippen molar-refractivity contribution >= 4 is 5.78 Å². The summed E-state index contributed by atoms with van der Waals surface area (Å²) in [5.41, 5.74) is 1.63. The predicted molar refractivity (Wildman–Crippen MR) is 91.8 cm³/mol. The average molecular weight is 327 g/mol. The summed E-state index contributed by atoms with van der Waals surface area (Å²) in [6.45, 7) is 3.46. The normalized spacial score (nSPS) is 14.7. The molecule has 0 atom stereocenters. The largest absolute Gasteiger partial charge is 0.489 e. The highest BCUT2D eigenvalue weighted by Gasteiger charge is 2.13. The molecule has 2 aromatic rings. The maximum atomic E-state index is 12.9. The molecule has 0 bridgehead atoms. The second-order valence-corrected chi connectivity index (χ2v) is 6.16. The number of hydrogen-bond donors (Lipinski definition) is 0. The molecule has 1 heterocycles. The molecule has 0 saturated carbocycles. The molecule has 3 rings (SSSR count). The summed E-state index contributed by atoms with van der Waals surface area (Å²) < 4.78 is 18.5. The zero-order valence-electron chi connectivity index (χ0n) is 13.7. The number of benzene rings is 2.